The number of benzene rings is 1. The van der Waals surface area contributed by atoms with Crippen molar-refractivity contribution in [2.24, 2.45) is 5.92 Å². The molecule has 180 valence electrons. The molecule has 0 saturated heterocycles. The predicted octanol–water partition coefficient (Wildman–Crippen LogP) is 3.39. The van der Waals surface area contributed by atoms with Crippen LogP contribution in [-0.4, -0.2) is 33.3 Å². The van der Waals surface area contributed by atoms with Crippen LogP contribution in [0.2, 0.25) is 0 Å². The van der Waals surface area contributed by atoms with Gasteiger partial charge in [-0.1, -0.05) is 19.3 Å². The molecule has 1 aromatic carbocycles. The largest absolute Gasteiger partial charge is 0.491 e. The van der Waals surface area contributed by atoms with Gasteiger partial charge in [-0.3, -0.25) is 9.36 Å². The lowest BCUT2D eigenvalue weighted by Crippen LogP contribution is -2.43. The van der Waals surface area contributed by atoms with E-state index in [0.29, 0.717) is 18.2 Å². The van der Waals surface area contributed by atoms with E-state index in [0.717, 1.165) is 41.6 Å². The number of rotatable bonds is 9. The monoisotopic (exact) mass is 458 g/mol. The first-order valence-electron chi connectivity index (χ1n) is 11.6. The number of aromatic nitrogens is 3. The van der Waals surface area contributed by atoms with E-state index in [1.54, 1.807) is 0 Å². The highest BCUT2D eigenvalue weighted by Crippen LogP contribution is 2.27. The topological polar surface area (TPSA) is 104 Å². The second-order valence-corrected chi connectivity index (χ2v) is 8.86. The molecule has 1 fully saturated rings. The summed E-state index contributed by atoms with van der Waals surface area (Å²) in [7, 11) is 1.28. The second-order valence-electron chi connectivity index (χ2n) is 8.86. The first-order valence-corrected chi connectivity index (χ1v) is 11.6. The Balaban J connectivity index is 1.95. The SMILES string of the molecule is COC(=O)CCn1c(=O)nc(Nc2ccc(OC(C)C)c(C)c2)n(CC2CCCCC2)c1=O. The van der Waals surface area contributed by atoms with E-state index in [1.165, 1.54) is 18.1 Å². The predicted molar refractivity (Wildman–Crippen MR) is 126 cm³/mol. The summed E-state index contributed by atoms with van der Waals surface area (Å²) < 4.78 is 13.0. The van der Waals surface area contributed by atoms with Gasteiger partial charge in [0.2, 0.25) is 5.95 Å². The summed E-state index contributed by atoms with van der Waals surface area (Å²) in [5.74, 6) is 0.846. The summed E-state index contributed by atoms with van der Waals surface area (Å²) in [4.78, 5) is 41.7. The average molecular weight is 459 g/mol. The lowest BCUT2D eigenvalue weighted by molar-refractivity contribution is -0.140. The Bertz CT molecular complexity index is 1080. The molecule has 33 heavy (non-hydrogen) atoms. The van der Waals surface area contributed by atoms with E-state index in [-0.39, 0.29) is 25.0 Å². The number of esters is 1. The number of nitrogens with zero attached hydrogens (tertiary/aromatic N) is 3. The van der Waals surface area contributed by atoms with Gasteiger partial charge in [0.15, 0.2) is 0 Å². The molecule has 2 aromatic rings. The third kappa shape index (κ3) is 6.46. The summed E-state index contributed by atoms with van der Waals surface area (Å²) in [5, 5.41) is 3.16. The van der Waals surface area contributed by atoms with Crippen LogP contribution in [0.4, 0.5) is 11.6 Å². The van der Waals surface area contributed by atoms with Crippen LogP contribution < -0.4 is 21.4 Å². The van der Waals surface area contributed by atoms with Crippen LogP contribution >= 0.6 is 0 Å². The minimum Gasteiger partial charge on any atom is -0.491 e. The maximum absolute atomic E-state index is 13.3. The summed E-state index contributed by atoms with van der Waals surface area (Å²) in [6.45, 7) is 6.28. The van der Waals surface area contributed by atoms with Crippen molar-refractivity contribution in [2.75, 3.05) is 12.4 Å². The number of aryl methyl sites for hydroxylation is 1. The van der Waals surface area contributed by atoms with E-state index in [2.05, 4.69) is 15.0 Å². The molecule has 0 bridgehead atoms. The molecule has 3 rings (SSSR count). The molecule has 1 aromatic heterocycles. The molecule has 0 atom stereocenters. The smallest absolute Gasteiger partial charge is 0.354 e. The summed E-state index contributed by atoms with van der Waals surface area (Å²) >= 11 is 0. The van der Waals surface area contributed by atoms with Gasteiger partial charge in [-0.15, -0.1) is 0 Å². The number of hydrogen-bond acceptors (Lipinski definition) is 7. The minimum atomic E-state index is -0.692. The highest BCUT2D eigenvalue weighted by molar-refractivity contribution is 5.69. The van der Waals surface area contributed by atoms with Gasteiger partial charge >= 0.3 is 17.3 Å². The molecule has 1 aliphatic rings. The molecular weight excluding hydrogens is 424 g/mol. The molecule has 1 N–H and O–H groups in total. The number of carbonyl (C=O) groups excluding carboxylic acids is 1. The number of anilines is 2. The zero-order valence-corrected chi connectivity index (χ0v) is 19.9. The fraction of sp³-hybridized carbons (Fsp3) is 0.583. The fourth-order valence-electron chi connectivity index (χ4n) is 4.16. The van der Waals surface area contributed by atoms with Gasteiger partial charge in [-0.2, -0.15) is 4.98 Å². The van der Waals surface area contributed by atoms with Crippen molar-refractivity contribution in [3.05, 3.63) is 44.7 Å². The normalized spacial score (nSPS) is 14.3. The molecule has 1 saturated carbocycles. The zero-order valence-electron chi connectivity index (χ0n) is 19.9. The van der Waals surface area contributed by atoms with Crippen molar-refractivity contribution in [1.29, 1.82) is 0 Å². The maximum Gasteiger partial charge on any atom is 0.354 e. The highest BCUT2D eigenvalue weighted by atomic mass is 16.5. The molecule has 1 aliphatic carbocycles. The molecule has 9 nitrogen and oxygen atoms in total. The Morgan fingerprint density at radius 1 is 1.18 bits per heavy atom. The Morgan fingerprint density at radius 3 is 2.55 bits per heavy atom. The van der Waals surface area contributed by atoms with Gasteiger partial charge < -0.3 is 14.8 Å². The molecule has 9 heteroatoms. The first kappa shape index (κ1) is 24.5. The summed E-state index contributed by atoms with van der Waals surface area (Å²) in [6.07, 6.45) is 5.53. The molecule has 0 radical (unpaired) electrons. The highest BCUT2D eigenvalue weighted by Gasteiger charge is 2.20. The van der Waals surface area contributed by atoms with Crippen molar-refractivity contribution in [3.8, 4) is 5.75 Å². The molecule has 0 spiro atoms. The average Bonchev–Trinajstić information content (AvgIpc) is 2.78. The molecule has 0 unspecified atom stereocenters. The van der Waals surface area contributed by atoms with E-state index in [4.69, 9.17) is 4.74 Å². The van der Waals surface area contributed by atoms with Gasteiger partial charge in [0.05, 0.1) is 19.6 Å². The van der Waals surface area contributed by atoms with E-state index in [9.17, 15) is 14.4 Å². The van der Waals surface area contributed by atoms with Gasteiger partial charge in [0, 0.05) is 18.8 Å². The minimum absolute atomic E-state index is 0.0578. The van der Waals surface area contributed by atoms with Gasteiger partial charge in [0.1, 0.15) is 5.75 Å². The fourth-order valence-corrected chi connectivity index (χ4v) is 4.16. The van der Waals surface area contributed by atoms with Crippen molar-refractivity contribution in [1.82, 2.24) is 14.1 Å². The van der Waals surface area contributed by atoms with Gasteiger partial charge in [-0.25, -0.2) is 14.2 Å². The molecule has 1 heterocycles. The van der Waals surface area contributed by atoms with Crippen molar-refractivity contribution in [2.45, 2.75) is 78.5 Å². The lowest BCUT2D eigenvalue weighted by Gasteiger charge is -2.24. The number of hydrogen-bond donors (Lipinski definition) is 1. The van der Waals surface area contributed by atoms with Crippen LogP contribution in [0.15, 0.2) is 27.8 Å². The molecule has 0 amide bonds. The third-order valence-corrected chi connectivity index (χ3v) is 5.88. The molecular formula is C24H34N4O5. The number of methoxy groups -OCH3 is 1. The number of ether oxygens (including phenoxy) is 2. The standard InChI is InChI=1S/C24H34N4O5/c1-16(2)33-20-11-10-19(14-17(20)3)25-22-26-23(30)27(13-12-21(29)32-4)24(31)28(22)15-18-8-6-5-7-9-18/h10-11,14,16,18H,5-9,12-13,15H2,1-4H3,(H,25,26,30). The van der Waals surface area contributed by atoms with Gasteiger partial charge in [-0.05, 0) is 63.3 Å². The van der Waals surface area contributed by atoms with E-state index in [1.807, 2.05) is 39.0 Å². The van der Waals surface area contributed by atoms with Crippen molar-refractivity contribution >= 4 is 17.6 Å². The third-order valence-electron chi connectivity index (χ3n) is 5.88. The first-order chi connectivity index (χ1) is 15.8. The molecule has 0 aliphatic heterocycles. The quantitative estimate of drug-likeness (QED) is 0.574. The number of nitrogens with one attached hydrogen (secondary N) is 1. The lowest BCUT2D eigenvalue weighted by atomic mass is 9.89. The van der Waals surface area contributed by atoms with Crippen LogP contribution in [0, 0.1) is 12.8 Å². The Morgan fingerprint density at radius 2 is 1.91 bits per heavy atom. The Kier molecular flexibility index (Phi) is 8.30. The van der Waals surface area contributed by atoms with Crippen LogP contribution in [0.1, 0.15) is 57.9 Å². The maximum atomic E-state index is 13.3. The summed E-state index contributed by atoms with van der Waals surface area (Å²) in [6, 6.07) is 5.60. The van der Waals surface area contributed by atoms with Crippen molar-refractivity contribution < 1.29 is 14.3 Å². The van der Waals surface area contributed by atoms with Crippen LogP contribution in [-0.2, 0) is 22.6 Å². The second kappa shape index (κ2) is 11.2. The van der Waals surface area contributed by atoms with E-state index >= 15 is 0 Å². The van der Waals surface area contributed by atoms with Crippen LogP contribution in [0.5, 0.6) is 5.75 Å². The zero-order chi connectivity index (χ0) is 24.0. The summed E-state index contributed by atoms with van der Waals surface area (Å²) in [5.41, 5.74) is 0.479. The Labute approximate surface area is 193 Å². The Hall–Kier alpha value is -3.10. The van der Waals surface area contributed by atoms with Crippen LogP contribution in [0.25, 0.3) is 0 Å². The van der Waals surface area contributed by atoms with Crippen molar-refractivity contribution in [3.63, 3.8) is 0 Å². The number of carbonyl (C=O) groups is 1. The van der Waals surface area contributed by atoms with E-state index < -0.39 is 17.3 Å². The van der Waals surface area contributed by atoms with Gasteiger partial charge in [0.25, 0.3) is 0 Å². The van der Waals surface area contributed by atoms with Crippen LogP contribution in [0.3, 0.4) is 0 Å².